The normalized spacial score (nSPS) is 14.5. The SMILES string of the molecule is CCOc1cc(/C=C2/SC(=O)N(Cc3cccc4ccccc34)C2=O)ccc1OCc1ccc(F)cc1. The maximum absolute atomic E-state index is 13.2. The van der Waals surface area contributed by atoms with Gasteiger partial charge in [0.25, 0.3) is 11.1 Å². The Morgan fingerprint density at radius 2 is 1.68 bits per heavy atom. The van der Waals surface area contributed by atoms with E-state index in [-0.39, 0.29) is 30.1 Å². The van der Waals surface area contributed by atoms with E-state index in [1.165, 1.54) is 17.0 Å². The van der Waals surface area contributed by atoms with Crippen LogP contribution in [0.3, 0.4) is 0 Å². The molecule has 0 saturated carbocycles. The number of imide groups is 1. The fraction of sp³-hybridized carbons (Fsp3) is 0.133. The van der Waals surface area contributed by atoms with Crippen molar-refractivity contribution in [1.82, 2.24) is 4.90 Å². The number of nitrogens with zero attached hydrogens (tertiary/aromatic N) is 1. The maximum Gasteiger partial charge on any atom is 0.293 e. The highest BCUT2D eigenvalue weighted by atomic mass is 32.2. The molecule has 4 aromatic rings. The van der Waals surface area contributed by atoms with Crippen molar-refractivity contribution in [2.24, 2.45) is 0 Å². The van der Waals surface area contributed by atoms with Crippen molar-refractivity contribution in [3.8, 4) is 11.5 Å². The molecular weight excluding hydrogens is 489 g/mol. The van der Waals surface area contributed by atoms with Crippen molar-refractivity contribution in [3.05, 3.63) is 112 Å². The smallest absolute Gasteiger partial charge is 0.293 e. The molecule has 0 atom stereocenters. The standard InChI is InChI=1S/C30H24FNO4S/c1-2-35-27-16-21(12-15-26(27)36-19-20-10-13-24(31)14-11-20)17-28-29(33)32(30(34)37-28)18-23-8-5-7-22-6-3-4-9-25(22)23/h3-17H,2,18-19H2,1H3/b28-17+. The van der Waals surface area contributed by atoms with Gasteiger partial charge in [0.05, 0.1) is 18.1 Å². The molecule has 1 saturated heterocycles. The monoisotopic (exact) mass is 513 g/mol. The highest BCUT2D eigenvalue weighted by molar-refractivity contribution is 8.18. The molecule has 1 fully saturated rings. The van der Waals surface area contributed by atoms with E-state index in [0.29, 0.717) is 28.6 Å². The molecule has 1 heterocycles. The van der Waals surface area contributed by atoms with E-state index in [9.17, 15) is 14.0 Å². The number of benzene rings is 4. The number of rotatable bonds is 8. The third-order valence-corrected chi connectivity index (χ3v) is 6.86. The lowest BCUT2D eigenvalue weighted by atomic mass is 10.0. The third kappa shape index (κ3) is 5.52. The number of hydrogen-bond acceptors (Lipinski definition) is 5. The van der Waals surface area contributed by atoms with Gasteiger partial charge in [0.15, 0.2) is 11.5 Å². The summed E-state index contributed by atoms with van der Waals surface area (Å²) in [4.78, 5) is 27.5. The van der Waals surface area contributed by atoms with E-state index >= 15 is 0 Å². The topological polar surface area (TPSA) is 55.8 Å². The van der Waals surface area contributed by atoms with Gasteiger partial charge in [0, 0.05) is 0 Å². The van der Waals surface area contributed by atoms with Crippen LogP contribution < -0.4 is 9.47 Å². The average Bonchev–Trinajstić information content (AvgIpc) is 3.17. The van der Waals surface area contributed by atoms with Crippen LogP contribution in [0.2, 0.25) is 0 Å². The molecule has 0 N–H and O–H groups in total. The third-order valence-electron chi connectivity index (χ3n) is 5.95. The lowest BCUT2D eigenvalue weighted by Gasteiger charge is -2.14. The zero-order valence-electron chi connectivity index (χ0n) is 20.1. The number of thioether (sulfide) groups is 1. The predicted molar refractivity (Wildman–Crippen MR) is 144 cm³/mol. The fourth-order valence-electron chi connectivity index (χ4n) is 4.13. The van der Waals surface area contributed by atoms with Gasteiger partial charge in [-0.25, -0.2) is 4.39 Å². The van der Waals surface area contributed by atoms with Crippen LogP contribution in [0.5, 0.6) is 11.5 Å². The first-order chi connectivity index (χ1) is 18.0. The molecule has 0 radical (unpaired) electrons. The molecule has 0 aromatic heterocycles. The molecule has 0 bridgehead atoms. The van der Waals surface area contributed by atoms with Gasteiger partial charge in [-0.15, -0.1) is 0 Å². The van der Waals surface area contributed by atoms with Crippen LogP contribution in [0.4, 0.5) is 9.18 Å². The molecular formula is C30H24FNO4S. The Bertz CT molecular complexity index is 1490. The first kappa shape index (κ1) is 24.6. The molecule has 0 unspecified atom stereocenters. The largest absolute Gasteiger partial charge is 0.490 e. The summed E-state index contributed by atoms with van der Waals surface area (Å²) in [6, 6.07) is 25.3. The van der Waals surface area contributed by atoms with Crippen molar-refractivity contribution in [2.45, 2.75) is 20.1 Å². The molecule has 0 aliphatic carbocycles. The van der Waals surface area contributed by atoms with Gasteiger partial charge >= 0.3 is 0 Å². The number of amides is 2. The summed E-state index contributed by atoms with van der Waals surface area (Å²) in [6.07, 6.45) is 1.69. The van der Waals surface area contributed by atoms with Gasteiger partial charge in [0.2, 0.25) is 0 Å². The molecule has 2 amide bonds. The number of ether oxygens (including phenoxy) is 2. The molecule has 7 heteroatoms. The summed E-state index contributed by atoms with van der Waals surface area (Å²) in [5, 5.41) is 1.78. The Morgan fingerprint density at radius 1 is 0.892 bits per heavy atom. The van der Waals surface area contributed by atoms with Crippen LogP contribution in [0.25, 0.3) is 16.8 Å². The highest BCUT2D eigenvalue weighted by Gasteiger charge is 2.35. The second-order valence-electron chi connectivity index (χ2n) is 8.46. The minimum Gasteiger partial charge on any atom is -0.490 e. The van der Waals surface area contributed by atoms with E-state index in [4.69, 9.17) is 9.47 Å². The second-order valence-corrected chi connectivity index (χ2v) is 9.45. The van der Waals surface area contributed by atoms with Gasteiger partial charge in [-0.05, 0) is 76.5 Å². The van der Waals surface area contributed by atoms with Gasteiger partial charge in [-0.2, -0.15) is 0 Å². The lowest BCUT2D eigenvalue weighted by molar-refractivity contribution is -0.123. The Labute approximate surface area is 218 Å². The first-order valence-electron chi connectivity index (χ1n) is 11.9. The molecule has 5 nitrogen and oxygen atoms in total. The predicted octanol–water partition coefficient (Wildman–Crippen LogP) is 7.19. The van der Waals surface area contributed by atoms with Crippen LogP contribution in [0, 0.1) is 5.82 Å². The number of halogens is 1. The summed E-state index contributed by atoms with van der Waals surface area (Å²) in [5.74, 6) is 0.433. The van der Waals surface area contributed by atoms with Gasteiger partial charge in [-0.1, -0.05) is 60.7 Å². The van der Waals surface area contributed by atoms with Crippen molar-refractivity contribution in [1.29, 1.82) is 0 Å². The van der Waals surface area contributed by atoms with Crippen molar-refractivity contribution >= 4 is 39.8 Å². The Balaban J connectivity index is 1.34. The van der Waals surface area contributed by atoms with Crippen LogP contribution >= 0.6 is 11.8 Å². The number of fused-ring (bicyclic) bond motifs is 1. The zero-order chi connectivity index (χ0) is 25.8. The quantitative estimate of drug-likeness (QED) is 0.233. The number of carbonyl (C=O) groups excluding carboxylic acids is 2. The van der Waals surface area contributed by atoms with Gasteiger partial charge in [-0.3, -0.25) is 14.5 Å². The number of carbonyl (C=O) groups is 2. The summed E-state index contributed by atoms with van der Waals surface area (Å²) < 4.78 is 24.8. The van der Waals surface area contributed by atoms with Crippen LogP contribution in [-0.2, 0) is 17.9 Å². The minimum atomic E-state index is -0.322. The molecule has 37 heavy (non-hydrogen) atoms. The summed E-state index contributed by atoms with van der Waals surface area (Å²) in [7, 11) is 0. The first-order valence-corrected chi connectivity index (χ1v) is 12.7. The van der Waals surface area contributed by atoms with Crippen LogP contribution in [0.15, 0.2) is 89.8 Å². The van der Waals surface area contributed by atoms with E-state index in [2.05, 4.69) is 0 Å². The molecule has 1 aliphatic heterocycles. The highest BCUT2D eigenvalue weighted by Crippen LogP contribution is 2.36. The molecule has 186 valence electrons. The molecule has 0 spiro atoms. The van der Waals surface area contributed by atoms with E-state index in [1.807, 2.05) is 49.4 Å². The summed E-state index contributed by atoms with van der Waals surface area (Å²) in [6.45, 7) is 2.77. The maximum atomic E-state index is 13.2. The molecule has 1 aliphatic rings. The fourth-order valence-corrected chi connectivity index (χ4v) is 4.97. The summed E-state index contributed by atoms with van der Waals surface area (Å²) >= 11 is 0.929. The summed E-state index contributed by atoms with van der Waals surface area (Å²) in [5.41, 5.74) is 2.46. The van der Waals surface area contributed by atoms with E-state index in [0.717, 1.165) is 33.7 Å². The van der Waals surface area contributed by atoms with Crippen molar-refractivity contribution in [2.75, 3.05) is 6.61 Å². The van der Waals surface area contributed by atoms with Crippen LogP contribution in [0.1, 0.15) is 23.6 Å². The van der Waals surface area contributed by atoms with E-state index < -0.39 is 0 Å². The van der Waals surface area contributed by atoms with Crippen molar-refractivity contribution < 1.29 is 23.5 Å². The zero-order valence-corrected chi connectivity index (χ0v) is 21.0. The average molecular weight is 514 g/mol. The van der Waals surface area contributed by atoms with Crippen molar-refractivity contribution in [3.63, 3.8) is 0 Å². The van der Waals surface area contributed by atoms with Gasteiger partial charge < -0.3 is 9.47 Å². The molecule has 4 aromatic carbocycles. The lowest BCUT2D eigenvalue weighted by Crippen LogP contribution is -2.27. The van der Waals surface area contributed by atoms with Crippen LogP contribution in [-0.4, -0.2) is 22.7 Å². The minimum absolute atomic E-state index is 0.212. The Morgan fingerprint density at radius 3 is 2.49 bits per heavy atom. The number of hydrogen-bond donors (Lipinski definition) is 0. The Hall–Kier alpha value is -4.10. The molecule has 5 rings (SSSR count). The van der Waals surface area contributed by atoms with E-state index in [1.54, 1.807) is 36.4 Å². The van der Waals surface area contributed by atoms with Gasteiger partial charge in [0.1, 0.15) is 12.4 Å². The second kappa shape index (κ2) is 10.9. The Kier molecular flexibility index (Phi) is 7.23.